The minimum Gasteiger partial charge on any atom is -0.493 e. The highest BCUT2D eigenvalue weighted by molar-refractivity contribution is 5.49. The second-order valence-corrected chi connectivity index (χ2v) is 2.91. The molecule has 0 saturated carbocycles. The van der Waals surface area contributed by atoms with Crippen LogP contribution in [0.15, 0.2) is 18.3 Å². The van der Waals surface area contributed by atoms with Gasteiger partial charge in [-0.25, -0.2) is 4.98 Å². The molecule has 1 atom stereocenters. The first kappa shape index (κ1) is 9.80. The van der Waals surface area contributed by atoms with Gasteiger partial charge in [-0.1, -0.05) is 0 Å². The molecule has 1 unspecified atom stereocenters. The Bertz CT molecular complexity index is 263. The molecule has 1 heterocycles. The minimum absolute atomic E-state index is 0.103. The van der Waals surface area contributed by atoms with Crippen molar-refractivity contribution in [3.05, 3.63) is 18.3 Å². The zero-order valence-electron chi connectivity index (χ0n) is 7.95. The fourth-order valence-electron chi connectivity index (χ4n) is 0.946. The van der Waals surface area contributed by atoms with Gasteiger partial charge in [0.15, 0.2) is 11.6 Å². The van der Waals surface area contributed by atoms with Crippen molar-refractivity contribution in [3.63, 3.8) is 0 Å². The zero-order valence-corrected chi connectivity index (χ0v) is 7.95. The van der Waals surface area contributed by atoms with Crippen LogP contribution in [0.1, 0.15) is 6.92 Å². The lowest BCUT2D eigenvalue weighted by Crippen LogP contribution is -2.25. The van der Waals surface area contributed by atoms with Gasteiger partial charge in [-0.2, -0.15) is 0 Å². The largest absolute Gasteiger partial charge is 0.493 e. The van der Waals surface area contributed by atoms with Gasteiger partial charge in [-0.15, -0.1) is 0 Å². The highest BCUT2D eigenvalue weighted by atomic mass is 16.5. The van der Waals surface area contributed by atoms with Crippen molar-refractivity contribution < 1.29 is 4.74 Å². The van der Waals surface area contributed by atoms with Gasteiger partial charge in [0, 0.05) is 18.8 Å². The predicted molar refractivity (Wildman–Crippen MR) is 52.9 cm³/mol. The number of methoxy groups -OCH3 is 1. The van der Waals surface area contributed by atoms with Crippen molar-refractivity contribution in [1.82, 2.24) is 4.98 Å². The molecule has 0 radical (unpaired) electrons. The topological polar surface area (TPSA) is 60.2 Å². The Morgan fingerprint density at radius 3 is 3.08 bits per heavy atom. The molecular weight excluding hydrogens is 166 g/mol. The number of anilines is 1. The first-order chi connectivity index (χ1) is 6.24. The molecule has 0 aliphatic carbocycles. The van der Waals surface area contributed by atoms with E-state index in [9.17, 15) is 0 Å². The molecule has 13 heavy (non-hydrogen) atoms. The van der Waals surface area contributed by atoms with Gasteiger partial charge in [0.25, 0.3) is 0 Å². The maximum atomic E-state index is 5.60. The van der Waals surface area contributed by atoms with Crippen molar-refractivity contribution in [3.8, 4) is 5.75 Å². The van der Waals surface area contributed by atoms with E-state index >= 15 is 0 Å². The van der Waals surface area contributed by atoms with Gasteiger partial charge in [0.05, 0.1) is 7.11 Å². The summed E-state index contributed by atoms with van der Waals surface area (Å²) in [6.45, 7) is 2.62. The third kappa shape index (κ3) is 2.91. The summed E-state index contributed by atoms with van der Waals surface area (Å²) in [6, 6.07) is 3.79. The Balaban J connectivity index is 2.64. The first-order valence-corrected chi connectivity index (χ1v) is 4.22. The summed E-state index contributed by atoms with van der Waals surface area (Å²) in [6.07, 6.45) is 1.71. The molecule has 1 rings (SSSR count). The Labute approximate surface area is 78.1 Å². The fraction of sp³-hybridized carbons (Fsp3) is 0.444. The lowest BCUT2D eigenvalue weighted by atomic mass is 10.3. The molecular formula is C9H15N3O. The second kappa shape index (κ2) is 4.67. The average Bonchev–Trinajstić information content (AvgIpc) is 2.15. The molecule has 0 bridgehead atoms. The van der Waals surface area contributed by atoms with Crippen LogP contribution in [-0.4, -0.2) is 24.7 Å². The summed E-state index contributed by atoms with van der Waals surface area (Å²) in [5, 5.41) is 3.10. The summed E-state index contributed by atoms with van der Waals surface area (Å²) in [5.41, 5.74) is 5.60. The summed E-state index contributed by atoms with van der Waals surface area (Å²) in [4.78, 5) is 4.13. The number of nitrogens with one attached hydrogen (secondary N) is 1. The van der Waals surface area contributed by atoms with E-state index in [1.54, 1.807) is 13.3 Å². The Hall–Kier alpha value is -1.29. The number of hydrogen-bond donors (Lipinski definition) is 2. The quantitative estimate of drug-likeness (QED) is 0.723. The number of rotatable bonds is 4. The molecule has 4 heteroatoms. The SMILES string of the molecule is COc1cccnc1NCC(C)N. The van der Waals surface area contributed by atoms with Gasteiger partial charge >= 0.3 is 0 Å². The van der Waals surface area contributed by atoms with Crippen LogP contribution in [0.4, 0.5) is 5.82 Å². The first-order valence-electron chi connectivity index (χ1n) is 4.22. The molecule has 0 saturated heterocycles. The van der Waals surface area contributed by atoms with Gasteiger partial charge in [0.1, 0.15) is 0 Å². The van der Waals surface area contributed by atoms with Crippen LogP contribution in [0.5, 0.6) is 5.75 Å². The minimum atomic E-state index is 0.103. The van der Waals surface area contributed by atoms with E-state index < -0.39 is 0 Å². The molecule has 0 fully saturated rings. The van der Waals surface area contributed by atoms with E-state index in [-0.39, 0.29) is 6.04 Å². The van der Waals surface area contributed by atoms with Crippen LogP contribution < -0.4 is 15.8 Å². The van der Waals surface area contributed by atoms with Crippen LogP contribution >= 0.6 is 0 Å². The normalized spacial score (nSPS) is 12.2. The molecule has 1 aromatic heterocycles. The highest BCUT2D eigenvalue weighted by Crippen LogP contribution is 2.19. The lowest BCUT2D eigenvalue weighted by molar-refractivity contribution is 0.414. The standard InChI is InChI=1S/C9H15N3O/c1-7(10)6-12-9-8(13-2)4-3-5-11-9/h3-5,7H,6,10H2,1-2H3,(H,11,12). The molecule has 1 aromatic rings. The van der Waals surface area contributed by atoms with E-state index in [0.717, 1.165) is 11.6 Å². The second-order valence-electron chi connectivity index (χ2n) is 2.91. The van der Waals surface area contributed by atoms with Crippen LogP contribution in [-0.2, 0) is 0 Å². The van der Waals surface area contributed by atoms with E-state index in [2.05, 4.69) is 10.3 Å². The molecule has 0 spiro atoms. The van der Waals surface area contributed by atoms with E-state index in [1.807, 2.05) is 19.1 Å². The average molecular weight is 181 g/mol. The number of aromatic nitrogens is 1. The third-order valence-corrected chi connectivity index (χ3v) is 1.58. The number of nitrogens with zero attached hydrogens (tertiary/aromatic N) is 1. The van der Waals surface area contributed by atoms with Crippen LogP contribution in [0, 0.1) is 0 Å². The number of ether oxygens (including phenoxy) is 1. The van der Waals surface area contributed by atoms with Crippen molar-refractivity contribution >= 4 is 5.82 Å². The highest BCUT2D eigenvalue weighted by Gasteiger charge is 2.02. The maximum absolute atomic E-state index is 5.60. The van der Waals surface area contributed by atoms with E-state index in [4.69, 9.17) is 10.5 Å². The zero-order chi connectivity index (χ0) is 9.68. The summed E-state index contributed by atoms with van der Waals surface area (Å²) < 4.78 is 5.11. The Morgan fingerprint density at radius 1 is 1.69 bits per heavy atom. The Kier molecular flexibility index (Phi) is 3.52. The summed E-state index contributed by atoms with van der Waals surface area (Å²) in [5.74, 6) is 1.48. The van der Waals surface area contributed by atoms with Gasteiger partial charge in [0.2, 0.25) is 0 Å². The monoisotopic (exact) mass is 181 g/mol. The van der Waals surface area contributed by atoms with Crippen LogP contribution in [0.3, 0.4) is 0 Å². The van der Waals surface area contributed by atoms with Gasteiger partial charge in [-0.05, 0) is 19.1 Å². The summed E-state index contributed by atoms with van der Waals surface area (Å²) >= 11 is 0. The van der Waals surface area contributed by atoms with E-state index in [1.165, 1.54) is 0 Å². The van der Waals surface area contributed by atoms with Crippen LogP contribution in [0.25, 0.3) is 0 Å². The molecule has 0 aromatic carbocycles. The maximum Gasteiger partial charge on any atom is 0.168 e. The molecule has 3 N–H and O–H groups in total. The van der Waals surface area contributed by atoms with Crippen molar-refractivity contribution in [1.29, 1.82) is 0 Å². The smallest absolute Gasteiger partial charge is 0.168 e. The van der Waals surface area contributed by atoms with E-state index in [0.29, 0.717) is 6.54 Å². The van der Waals surface area contributed by atoms with Crippen LogP contribution in [0.2, 0.25) is 0 Å². The molecule has 0 amide bonds. The third-order valence-electron chi connectivity index (χ3n) is 1.58. The van der Waals surface area contributed by atoms with Gasteiger partial charge in [-0.3, -0.25) is 0 Å². The Morgan fingerprint density at radius 2 is 2.46 bits per heavy atom. The van der Waals surface area contributed by atoms with Crippen molar-refractivity contribution in [2.24, 2.45) is 5.73 Å². The number of hydrogen-bond acceptors (Lipinski definition) is 4. The molecule has 0 aliphatic heterocycles. The molecule has 72 valence electrons. The van der Waals surface area contributed by atoms with Crippen molar-refractivity contribution in [2.75, 3.05) is 19.0 Å². The summed E-state index contributed by atoms with van der Waals surface area (Å²) in [7, 11) is 1.62. The van der Waals surface area contributed by atoms with Gasteiger partial charge < -0.3 is 15.8 Å². The molecule has 4 nitrogen and oxygen atoms in total. The number of pyridine rings is 1. The number of nitrogens with two attached hydrogens (primary N) is 1. The fourth-order valence-corrected chi connectivity index (χ4v) is 0.946. The predicted octanol–water partition coefficient (Wildman–Crippen LogP) is 0.849. The van der Waals surface area contributed by atoms with Crippen molar-refractivity contribution in [2.45, 2.75) is 13.0 Å². The molecule has 0 aliphatic rings. The lowest BCUT2D eigenvalue weighted by Gasteiger charge is -2.10.